The quantitative estimate of drug-likeness (QED) is 0.865. The highest BCUT2D eigenvalue weighted by Gasteiger charge is 2.11. The Morgan fingerprint density at radius 3 is 2.88 bits per heavy atom. The second kappa shape index (κ2) is 4.93. The van der Waals surface area contributed by atoms with Crippen LogP contribution >= 0.6 is 0 Å². The van der Waals surface area contributed by atoms with Crippen molar-refractivity contribution in [3.63, 3.8) is 0 Å². The summed E-state index contributed by atoms with van der Waals surface area (Å²) in [6.45, 7) is 2.46. The highest BCUT2D eigenvalue weighted by atomic mass is 16.2. The Morgan fingerprint density at radius 1 is 1.41 bits per heavy atom. The minimum absolute atomic E-state index is 0.0566. The fraction of sp³-hybridized carbons (Fsp3) is 0.231. The molecule has 0 saturated carbocycles. The molecule has 0 unspecified atom stereocenters. The molecular weight excluding hydrogens is 214 g/mol. The Kier molecular flexibility index (Phi) is 3.35. The van der Waals surface area contributed by atoms with Crippen LogP contribution in [0.4, 0.5) is 0 Å². The SMILES string of the molecule is Cc1ccccc1C(=O)n1cnc(CCN)c1. The minimum Gasteiger partial charge on any atom is -0.330 e. The number of aryl methyl sites for hydroxylation is 1. The van der Waals surface area contributed by atoms with Gasteiger partial charge in [0.15, 0.2) is 0 Å². The van der Waals surface area contributed by atoms with Crippen LogP contribution in [0.15, 0.2) is 36.8 Å². The van der Waals surface area contributed by atoms with E-state index in [1.54, 1.807) is 12.5 Å². The van der Waals surface area contributed by atoms with Gasteiger partial charge in [-0.3, -0.25) is 9.36 Å². The Bertz CT molecular complexity index is 531. The van der Waals surface area contributed by atoms with Gasteiger partial charge in [0, 0.05) is 18.2 Å². The third-order valence-corrected chi connectivity index (χ3v) is 2.65. The lowest BCUT2D eigenvalue weighted by molar-refractivity contribution is 0.0959. The van der Waals surface area contributed by atoms with E-state index in [0.29, 0.717) is 18.5 Å². The molecular formula is C13H15N3O. The van der Waals surface area contributed by atoms with Crippen LogP contribution in [0.1, 0.15) is 21.6 Å². The molecule has 88 valence electrons. The van der Waals surface area contributed by atoms with E-state index in [1.165, 1.54) is 4.57 Å². The predicted molar refractivity (Wildman–Crippen MR) is 65.9 cm³/mol. The van der Waals surface area contributed by atoms with Crippen LogP contribution < -0.4 is 5.73 Å². The highest BCUT2D eigenvalue weighted by Crippen LogP contribution is 2.10. The van der Waals surface area contributed by atoms with Crippen molar-refractivity contribution in [2.75, 3.05) is 6.54 Å². The average molecular weight is 229 g/mol. The van der Waals surface area contributed by atoms with Crippen molar-refractivity contribution in [2.24, 2.45) is 5.73 Å². The third-order valence-electron chi connectivity index (χ3n) is 2.65. The molecule has 1 aromatic heterocycles. The van der Waals surface area contributed by atoms with Crippen molar-refractivity contribution in [3.05, 3.63) is 53.6 Å². The van der Waals surface area contributed by atoms with Gasteiger partial charge in [-0.1, -0.05) is 18.2 Å². The summed E-state index contributed by atoms with van der Waals surface area (Å²) in [4.78, 5) is 16.3. The Labute approximate surface area is 100 Å². The second-order valence-corrected chi connectivity index (χ2v) is 3.93. The molecule has 4 nitrogen and oxygen atoms in total. The van der Waals surface area contributed by atoms with Crippen LogP contribution in [0.5, 0.6) is 0 Å². The maximum Gasteiger partial charge on any atom is 0.263 e. The summed E-state index contributed by atoms with van der Waals surface area (Å²) < 4.78 is 1.51. The van der Waals surface area contributed by atoms with Crippen LogP contribution in [0.25, 0.3) is 0 Å². The molecule has 0 aliphatic heterocycles. The first-order valence-corrected chi connectivity index (χ1v) is 5.55. The molecule has 17 heavy (non-hydrogen) atoms. The smallest absolute Gasteiger partial charge is 0.263 e. The van der Waals surface area contributed by atoms with Gasteiger partial charge in [0.1, 0.15) is 6.33 Å². The standard InChI is InChI=1S/C13H15N3O/c1-10-4-2-3-5-12(10)13(17)16-8-11(6-7-14)15-9-16/h2-5,8-9H,6-7,14H2,1H3. The largest absolute Gasteiger partial charge is 0.330 e. The van der Waals surface area contributed by atoms with E-state index in [9.17, 15) is 4.79 Å². The van der Waals surface area contributed by atoms with E-state index in [4.69, 9.17) is 5.73 Å². The number of nitrogens with zero attached hydrogens (tertiary/aromatic N) is 2. The zero-order chi connectivity index (χ0) is 12.3. The zero-order valence-electron chi connectivity index (χ0n) is 9.76. The zero-order valence-corrected chi connectivity index (χ0v) is 9.76. The molecule has 0 atom stereocenters. The molecule has 4 heteroatoms. The van der Waals surface area contributed by atoms with E-state index in [2.05, 4.69) is 4.98 Å². The van der Waals surface area contributed by atoms with Crippen LogP contribution in [-0.4, -0.2) is 22.0 Å². The van der Waals surface area contributed by atoms with Crippen molar-refractivity contribution >= 4 is 5.91 Å². The number of carbonyl (C=O) groups excluding carboxylic acids is 1. The summed E-state index contributed by atoms with van der Waals surface area (Å²) in [7, 11) is 0. The van der Waals surface area contributed by atoms with Gasteiger partial charge < -0.3 is 5.73 Å². The van der Waals surface area contributed by atoms with Gasteiger partial charge in [0.25, 0.3) is 5.91 Å². The summed E-state index contributed by atoms with van der Waals surface area (Å²) in [5, 5.41) is 0. The maximum atomic E-state index is 12.2. The van der Waals surface area contributed by atoms with Gasteiger partial charge in [-0.05, 0) is 25.1 Å². The molecule has 0 aliphatic rings. The van der Waals surface area contributed by atoms with Gasteiger partial charge in [-0.15, -0.1) is 0 Å². The normalized spacial score (nSPS) is 10.5. The summed E-state index contributed by atoms with van der Waals surface area (Å²) in [5.41, 5.74) is 7.95. The lowest BCUT2D eigenvalue weighted by Gasteiger charge is -2.04. The molecule has 2 N–H and O–H groups in total. The lowest BCUT2D eigenvalue weighted by Crippen LogP contribution is -2.11. The van der Waals surface area contributed by atoms with Crippen molar-refractivity contribution in [1.29, 1.82) is 0 Å². The van der Waals surface area contributed by atoms with Gasteiger partial charge in [-0.2, -0.15) is 0 Å². The average Bonchev–Trinajstić information content (AvgIpc) is 2.78. The number of aromatic nitrogens is 2. The number of carbonyl (C=O) groups is 1. The number of rotatable bonds is 3. The number of hydrogen-bond donors (Lipinski definition) is 1. The monoisotopic (exact) mass is 229 g/mol. The van der Waals surface area contributed by atoms with E-state index in [0.717, 1.165) is 11.3 Å². The Hall–Kier alpha value is -1.94. The number of hydrogen-bond acceptors (Lipinski definition) is 3. The van der Waals surface area contributed by atoms with Crippen LogP contribution in [0.3, 0.4) is 0 Å². The molecule has 0 bridgehead atoms. The van der Waals surface area contributed by atoms with E-state index < -0.39 is 0 Å². The molecule has 0 radical (unpaired) electrons. The van der Waals surface area contributed by atoms with E-state index in [-0.39, 0.29) is 5.91 Å². The molecule has 2 aromatic rings. The van der Waals surface area contributed by atoms with Crippen molar-refractivity contribution in [3.8, 4) is 0 Å². The van der Waals surface area contributed by atoms with Gasteiger partial charge in [0.2, 0.25) is 0 Å². The Balaban J connectivity index is 2.28. The molecule has 0 aliphatic carbocycles. The molecule has 1 heterocycles. The first kappa shape index (κ1) is 11.5. The summed E-state index contributed by atoms with van der Waals surface area (Å²) >= 11 is 0. The molecule has 0 fully saturated rings. The fourth-order valence-corrected chi connectivity index (χ4v) is 1.70. The van der Waals surface area contributed by atoms with E-state index >= 15 is 0 Å². The topological polar surface area (TPSA) is 60.9 Å². The molecule has 0 spiro atoms. The molecule has 0 amide bonds. The van der Waals surface area contributed by atoms with Crippen LogP contribution in [-0.2, 0) is 6.42 Å². The predicted octanol–water partition coefficient (Wildman–Crippen LogP) is 1.38. The van der Waals surface area contributed by atoms with Gasteiger partial charge in [-0.25, -0.2) is 4.98 Å². The first-order chi connectivity index (χ1) is 8.22. The third kappa shape index (κ3) is 2.42. The van der Waals surface area contributed by atoms with Crippen LogP contribution in [0, 0.1) is 6.92 Å². The summed E-state index contributed by atoms with van der Waals surface area (Å²) in [6, 6.07) is 7.52. The Morgan fingerprint density at radius 2 is 2.18 bits per heavy atom. The van der Waals surface area contributed by atoms with Gasteiger partial charge >= 0.3 is 0 Å². The fourth-order valence-electron chi connectivity index (χ4n) is 1.70. The maximum absolute atomic E-state index is 12.2. The second-order valence-electron chi connectivity index (χ2n) is 3.93. The van der Waals surface area contributed by atoms with Crippen molar-refractivity contribution in [2.45, 2.75) is 13.3 Å². The highest BCUT2D eigenvalue weighted by molar-refractivity contribution is 5.97. The van der Waals surface area contributed by atoms with Gasteiger partial charge in [0.05, 0.1) is 5.69 Å². The summed E-state index contributed by atoms with van der Waals surface area (Å²) in [6.07, 6.45) is 3.97. The molecule has 1 aromatic carbocycles. The molecule has 0 saturated heterocycles. The number of benzene rings is 1. The van der Waals surface area contributed by atoms with E-state index in [1.807, 2.05) is 31.2 Å². The van der Waals surface area contributed by atoms with Crippen molar-refractivity contribution in [1.82, 2.24) is 9.55 Å². The summed E-state index contributed by atoms with van der Waals surface area (Å²) in [5.74, 6) is -0.0566. The number of imidazole rings is 1. The first-order valence-electron chi connectivity index (χ1n) is 5.55. The minimum atomic E-state index is -0.0566. The lowest BCUT2D eigenvalue weighted by atomic mass is 10.1. The molecule has 2 rings (SSSR count). The van der Waals surface area contributed by atoms with Crippen LogP contribution in [0.2, 0.25) is 0 Å². The number of nitrogens with two attached hydrogens (primary N) is 1. The van der Waals surface area contributed by atoms with Crippen molar-refractivity contribution < 1.29 is 4.79 Å².